The van der Waals surface area contributed by atoms with E-state index in [-0.39, 0.29) is 24.9 Å². The molecule has 0 bridgehead atoms. The van der Waals surface area contributed by atoms with Crippen LogP contribution in [0.25, 0.3) is 0 Å². The number of aryl methyl sites for hydroxylation is 1. The van der Waals surface area contributed by atoms with Crippen molar-refractivity contribution >= 4 is 21.8 Å². The summed E-state index contributed by atoms with van der Waals surface area (Å²) in [5, 5.41) is 2.66. The molecule has 0 spiro atoms. The van der Waals surface area contributed by atoms with E-state index in [0.29, 0.717) is 36.4 Å². The Bertz CT molecular complexity index is 754. The van der Waals surface area contributed by atoms with Crippen molar-refractivity contribution < 1.29 is 18.0 Å². The normalized spacial score (nSPS) is 22.5. The zero-order chi connectivity index (χ0) is 17.3. The average Bonchev–Trinajstić information content (AvgIpc) is 3.01. The zero-order valence-corrected chi connectivity index (χ0v) is 14.4. The molecule has 1 unspecified atom stereocenters. The number of sulfonamides is 1. The molecule has 2 saturated heterocycles. The lowest BCUT2D eigenvalue weighted by Crippen LogP contribution is -2.54. The van der Waals surface area contributed by atoms with Gasteiger partial charge in [-0.1, -0.05) is 18.2 Å². The molecule has 7 nitrogen and oxygen atoms in total. The van der Waals surface area contributed by atoms with Crippen LogP contribution >= 0.6 is 0 Å². The zero-order valence-electron chi connectivity index (χ0n) is 13.6. The van der Waals surface area contributed by atoms with Crippen LogP contribution in [0.5, 0.6) is 0 Å². The lowest BCUT2D eigenvalue weighted by atomic mass is 10.2. The van der Waals surface area contributed by atoms with Crippen LogP contribution in [0.4, 0.5) is 0 Å². The predicted molar refractivity (Wildman–Crippen MR) is 87.7 cm³/mol. The third kappa shape index (κ3) is 3.16. The molecule has 1 aromatic carbocycles. The first-order chi connectivity index (χ1) is 11.4. The van der Waals surface area contributed by atoms with Crippen LogP contribution in [0.1, 0.15) is 18.4 Å². The fourth-order valence-electron chi connectivity index (χ4n) is 3.15. The third-order valence-corrected chi connectivity index (χ3v) is 6.61. The largest absolute Gasteiger partial charge is 0.344 e. The van der Waals surface area contributed by atoms with Gasteiger partial charge in [0.25, 0.3) is 0 Å². The molecule has 0 aromatic heterocycles. The first kappa shape index (κ1) is 16.9. The molecule has 2 aliphatic rings. The van der Waals surface area contributed by atoms with Gasteiger partial charge >= 0.3 is 0 Å². The van der Waals surface area contributed by atoms with Gasteiger partial charge in [0.1, 0.15) is 6.04 Å². The lowest BCUT2D eigenvalue weighted by Gasteiger charge is -2.35. The predicted octanol–water partition coefficient (Wildman–Crippen LogP) is 0.107. The minimum absolute atomic E-state index is 0.103. The number of rotatable bonds is 3. The Kier molecular flexibility index (Phi) is 4.60. The SMILES string of the molecule is Cc1ccccc1S(=O)(=O)N1CCN(C(=O)C2CCC(=O)N2)CC1. The standard InChI is InChI=1S/C16H21N3O4S/c1-12-4-2-3-5-14(12)24(22,23)19-10-8-18(9-11-19)16(21)13-6-7-15(20)17-13/h2-5,13H,6-11H2,1H3,(H,17,20). The van der Waals surface area contributed by atoms with Crippen molar-refractivity contribution in [3.8, 4) is 0 Å². The fraction of sp³-hybridized carbons (Fsp3) is 0.500. The van der Waals surface area contributed by atoms with Crippen molar-refractivity contribution in [2.24, 2.45) is 0 Å². The lowest BCUT2D eigenvalue weighted by molar-refractivity contribution is -0.135. The minimum Gasteiger partial charge on any atom is -0.344 e. The molecule has 1 N–H and O–H groups in total. The van der Waals surface area contributed by atoms with E-state index >= 15 is 0 Å². The van der Waals surface area contributed by atoms with Gasteiger partial charge in [-0.2, -0.15) is 4.31 Å². The summed E-state index contributed by atoms with van der Waals surface area (Å²) in [6.45, 7) is 2.99. The first-order valence-corrected chi connectivity index (χ1v) is 9.47. The molecule has 3 rings (SSSR count). The molecule has 2 fully saturated rings. The van der Waals surface area contributed by atoms with Gasteiger partial charge in [-0.3, -0.25) is 9.59 Å². The molecule has 0 radical (unpaired) electrons. The summed E-state index contributed by atoms with van der Waals surface area (Å²) >= 11 is 0. The van der Waals surface area contributed by atoms with Crippen LogP contribution < -0.4 is 5.32 Å². The Morgan fingerprint density at radius 1 is 1.17 bits per heavy atom. The van der Waals surface area contributed by atoms with Gasteiger partial charge in [0.15, 0.2) is 0 Å². The van der Waals surface area contributed by atoms with Gasteiger partial charge in [0, 0.05) is 32.6 Å². The summed E-state index contributed by atoms with van der Waals surface area (Å²) in [5.74, 6) is -0.220. The quantitative estimate of drug-likeness (QED) is 0.837. The molecule has 1 aromatic rings. The van der Waals surface area contributed by atoms with Gasteiger partial charge in [-0.05, 0) is 25.0 Å². The minimum atomic E-state index is -3.54. The van der Waals surface area contributed by atoms with Crippen LogP contribution in [-0.4, -0.2) is 61.7 Å². The van der Waals surface area contributed by atoms with Crippen LogP contribution in [0.15, 0.2) is 29.2 Å². The second-order valence-electron chi connectivity index (χ2n) is 6.15. The molecule has 130 valence electrons. The topological polar surface area (TPSA) is 86.8 Å². The molecule has 24 heavy (non-hydrogen) atoms. The highest BCUT2D eigenvalue weighted by Crippen LogP contribution is 2.21. The van der Waals surface area contributed by atoms with E-state index in [1.807, 2.05) is 0 Å². The fourth-order valence-corrected chi connectivity index (χ4v) is 4.80. The maximum absolute atomic E-state index is 12.7. The number of nitrogens with zero attached hydrogens (tertiary/aromatic N) is 2. The Balaban J connectivity index is 1.66. The molecular weight excluding hydrogens is 330 g/mol. The number of nitrogens with one attached hydrogen (secondary N) is 1. The summed E-state index contributed by atoms with van der Waals surface area (Å²) < 4.78 is 26.9. The van der Waals surface area contributed by atoms with Crippen LogP contribution in [0, 0.1) is 6.92 Å². The van der Waals surface area contributed by atoms with Crippen LogP contribution in [-0.2, 0) is 19.6 Å². The highest BCUT2D eigenvalue weighted by molar-refractivity contribution is 7.89. The van der Waals surface area contributed by atoms with Gasteiger partial charge in [-0.25, -0.2) is 8.42 Å². The van der Waals surface area contributed by atoms with E-state index in [2.05, 4.69) is 5.32 Å². The van der Waals surface area contributed by atoms with Crippen molar-refractivity contribution in [2.75, 3.05) is 26.2 Å². The smallest absolute Gasteiger partial charge is 0.245 e. The summed E-state index contributed by atoms with van der Waals surface area (Å²) in [7, 11) is -3.54. The van der Waals surface area contributed by atoms with Crippen molar-refractivity contribution in [3.63, 3.8) is 0 Å². The highest BCUT2D eigenvalue weighted by atomic mass is 32.2. The number of amides is 2. The Hall–Kier alpha value is -1.93. The van der Waals surface area contributed by atoms with Crippen LogP contribution in [0.3, 0.4) is 0 Å². The number of carbonyl (C=O) groups is 2. The maximum atomic E-state index is 12.7. The van der Waals surface area contributed by atoms with E-state index in [9.17, 15) is 18.0 Å². The summed E-state index contributed by atoms with van der Waals surface area (Å²) in [6, 6.07) is 6.44. The Labute approximate surface area is 141 Å². The molecule has 2 aliphatic heterocycles. The second kappa shape index (κ2) is 6.52. The molecule has 2 amide bonds. The van der Waals surface area contributed by atoms with Crippen molar-refractivity contribution in [1.82, 2.24) is 14.5 Å². The van der Waals surface area contributed by atoms with Gasteiger partial charge < -0.3 is 10.2 Å². The van der Waals surface area contributed by atoms with E-state index in [1.54, 1.807) is 36.1 Å². The van der Waals surface area contributed by atoms with E-state index in [1.165, 1.54) is 4.31 Å². The Morgan fingerprint density at radius 2 is 1.83 bits per heavy atom. The molecular formula is C16H21N3O4S. The maximum Gasteiger partial charge on any atom is 0.245 e. The third-order valence-electron chi connectivity index (χ3n) is 4.56. The van der Waals surface area contributed by atoms with Crippen molar-refractivity contribution in [3.05, 3.63) is 29.8 Å². The van der Waals surface area contributed by atoms with Gasteiger partial charge in [0.2, 0.25) is 21.8 Å². The second-order valence-corrected chi connectivity index (χ2v) is 8.06. The number of piperazine rings is 1. The molecule has 8 heteroatoms. The molecule has 2 heterocycles. The van der Waals surface area contributed by atoms with E-state index < -0.39 is 16.1 Å². The summed E-state index contributed by atoms with van der Waals surface area (Å²) in [4.78, 5) is 25.6. The van der Waals surface area contributed by atoms with E-state index in [0.717, 1.165) is 0 Å². The van der Waals surface area contributed by atoms with Gasteiger partial charge in [0.05, 0.1) is 4.90 Å². The number of carbonyl (C=O) groups excluding carboxylic acids is 2. The van der Waals surface area contributed by atoms with Crippen molar-refractivity contribution in [2.45, 2.75) is 30.7 Å². The van der Waals surface area contributed by atoms with Crippen LogP contribution in [0.2, 0.25) is 0 Å². The number of benzene rings is 1. The monoisotopic (exact) mass is 351 g/mol. The number of hydrogen-bond acceptors (Lipinski definition) is 4. The molecule has 1 atom stereocenters. The van der Waals surface area contributed by atoms with E-state index in [4.69, 9.17) is 0 Å². The molecule has 0 saturated carbocycles. The summed E-state index contributed by atoms with van der Waals surface area (Å²) in [6.07, 6.45) is 0.886. The van der Waals surface area contributed by atoms with Gasteiger partial charge in [-0.15, -0.1) is 0 Å². The Morgan fingerprint density at radius 3 is 2.42 bits per heavy atom. The number of hydrogen-bond donors (Lipinski definition) is 1. The summed E-state index contributed by atoms with van der Waals surface area (Å²) in [5.41, 5.74) is 0.713. The molecule has 0 aliphatic carbocycles. The average molecular weight is 351 g/mol. The highest BCUT2D eigenvalue weighted by Gasteiger charge is 2.35. The van der Waals surface area contributed by atoms with Crippen molar-refractivity contribution in [1.29, 1.82) is 0 Å². The first-order valence-electron chi connectivity index (χ1n) is 8.03.